The van der Waals surface area contributed by atoms with E-state index in [1.165, 1.54) is 0 Å². The summed E-state index contributed by atoms with van der Waals surface area (Å²) in [5, 5.41) is 0.0343. The number of ether oxygens (including phenoxy) is 7. The van der Waals surface area contributed by atoms with E-state index >= 15 is 4.79 Å². The average molecular weight is 838 g/mol. The second-order valence-corrected chi connectivity index (χ2v) is 22.1. The smallest absolute Gasteiger partial charge is 0.329 e. The monoisotopic (exact) mass is 837 g/mol. The molecular weight excluding hydrogens is 767 g/mol. The molecule has 0 bridgehead atoms. The minimum Gasteiger partial charge on any atom is -0.497 e. The first-order valence-corrected chi connectivity index (χ1v) is 24.2. The van der Waals surface area contributed by atoms with Gasteiger partial charge in [0.15, 0.2) is 19.8 Å². The zero-order valence-corrected chi connectivity index (χ0v) is 38.1. The fraction of sp³-hybridized carbons (Fsp3) is 0.617. The van der Waals surface area contributed by atoms with E-state index in [-0.39, 0.29) is 36.2 Å². The van der Waals surface area contributed by atoms with Crippen LogP contribution in [-0.2, 0) is 34.8 Å². The molecule has 1 heterocycles. The zero-order valence-electron chi connectivity index (χ0n) is 37.1. The van der Waals surface area contributed by atoms with Gasteiger partial charge >= 0.3 is 5.97 Å². The summed E-state index contributed by atoms with van der Waals surface area (Å²) in [6, 6.07) is 10.7. The third-order valence-corrected chi connectivity index (χ3v) is 16.5. The predicted molar refractivity (Wildman–Crippen MR) is 234 cm³/mol. The van der Waals surface area contributed by atoms with Crippen LogP contribution >= 0.6 is 0 Å². The Morgan fingerprint density at radius 1 is 0.847 bits per heavy atom. The SMILES string of the molecule is C=CCO[C@@H](COc1cc([C@@H](C(=O)N2CCCC[C@H]2C(=O)O[C@@H](CC=C)COCc2ccc(OC)cc2)C2CCCCC2)cc(OC)c1OC)CO[Si](C)(C)C(C)(C)C. The van der Waals surface area contributed by atoms with Crippen LogP contribution in [-0.4, -0.2) is 97.6 Å². The largest absolute Gasteiger partial charge is 0.497 e. The molecule has 328 valence electrons. The van der Waals surface area contributed by atoms with Crippen LogP contribution in [0.3, 0.4) is 0 Å². The summed E-state index contributed by atoms with van der Waals surface area (Å²) in [6.45, 7) is 20.7. The first kappa shape index (κ1) is 47.8. The van der Waals surface area contributed by atoms with Crippen LogP contribution in [0.5, 0.6) is 23.0 Å². The molecular formula is C47H71NO10Si. The van der Waals surface area contributed by atoms with Crippen LogP contribution in [0.15, 0.2) is 61.7 Å². The third-order valence-electron chi connectivity index (χ3n) is 12.0. The van der Waals surface area contributed by atoms with Gasteiger partial charge in [-0.05, 0) is 91.5 Å². The molecule has 0 aromatic heterocycles. The number of rotatable bonds is 23. The molecule has 1 saturated carbocycles. The molecule has 2 aliphatic rings. The minimum atomic E-state index is -2.06. The van der Waals surface area contributed by atoms with Crippen molar-refractivity contribution in [3.63, 3.8) is 0 Å². The molecule has 0 radical (unpaired) electrons. The van der Waals surface area contributed by atoms with Gasteiger partial charge < -0.3 is 42.5 Å². The highest BCUT2D eigenvalue weighted by atomic mass is 28.4. The highest BCUT2D eigenvalue weighted by Gasteiger charge is 2.42. The number of carbonyl (C=O) groups is 2. The number of hydrogen-bond acceptors (Lipinski definition) is 10. The molecule has 0 spiro atoms. The Kier molecular flexibility index (Phi) is 18.8. The van der Waals surface area contributed by atoms with E-state index in [0.717, 1.165) is 61.8 Å². The Hall–Kier alpha value is -3.84. The summed E-state index contributed by atoms with van der Waals surface area (Å²) in [4.78, 5) is 31.0. The van der Waals surface area contributed by atoms with Gasteiger partial charge in [0.1, 0.15) is 30.6 Å². The van der Waals surface area contributed by atoms with Crippen LogP contribution in [0.4, 0.5) is 0 Å². The number of amides is 1. The van der Waals surface area contributed by atoms with E-state index in [4.69, 9.17) is 37.6 Å². The van der Waals surface area contributed by atoms with Gasteiger partial charge in [-0.2, -0.15) is 0 Å². The van der Waals surface area contributed by atoms with Gasteiger partial charge in [-0.25, -0.2) is 4.79 Å². The number of methoxy groups -OCH3 is 3. The van der Waals surface area contributed by atoms with Gasteiger partial charge in [0.05, 0.1) is 53.7 Å². The topological polar surface area (TPSA) is 111 Å². The molecule has 2 aromatic carbocycles. The van der Waals surface area contributed by atoms with Crippen molar-refractivity contribution in [1.82, 2.24) is 4.90 Å². The van der Waals surface area contributed by atoms with Gasteiger partial charge in [-0.15, -0.1) is 13.2 Å². The highest BCUT2D eigenvalue weighted by Crippen LogP contribution is 2.45. The maximum Gasteiger partial charge on any atom is 0.329 e. The van der Waals surface area contributed by atoms with Gasteiger partial charge in [-0.1, -0.05) is 64.3 Å². The molecule has 1 aliphatic heterocycles. The van der Waals surface area contributed by atoms with Crippen molar-refractivity contribution in [2.24, 2.45) is 5.92 Å². The maximum atomic E-state index is 15.1. The van der Waals surface area contributed by atoms with Crippen LogP contribution in [0, 0.1) is 5.92 Å². The van der Waals surface area contributed by atoms with Crippen molar-refractivity contribution < 1.29 is 47.2 Å². The van der Waals surface area contributed by atoms with Crippen molar-refractivity contribution in [2.45, 2.75) is 127 Å². The molecule has 0 N–H and O–H groups in total. The van der Waals surface area contributed by atoms with E-state index < -0.39 is 32.4 Å². The summed E-state index contributed by atoms with van der Waals surface area (Å²) < 4.78 is 48.3. The molecule has 2 aromatic rings. The number of hydrogen-bond donors (Lipinski definition) is 0. The Labute approximate surface area is 354 Å². The number of esters is 1. The van der Waals surface area contributed by atoms with Crippen molar-refractivity contribution in [1.29, 1.82) is 0 Å². The van der Waals surface area contributed by atoms with Gasteiger partial charge in [0.2, 0.25) is 11.7 Å². The van der Waals surface area contributed by atoms with Gasteiger partial charge in [0.25, 0.3) is 0 Å². The predicted octanol–water partition coefficient (Wildman–Crippen LogP) is 9.43. The lowest BCUT2D eigenvalue weighted by Crippen LogP contribution is -2.52. The Morgan fingerprint density at radius 2 is 1.54 bits per heavy atom. The maximum absolute atomic E-state index is 15.1. The normalized spacial score (nSPS) is 18.0. The van der Waals surface area contributed by atoms with E-state index in [0.29, 0.717) is 56.5 Å². The minimum absolute atomic E-state index is 0.0343. The molecule has 4 rings (SSSR count). The zero-order chi connectivity index (χ0) is 43.0. The lowest BCUT2D eigenvalue weighted by molar-refractivity contribution is -0.164. The van der Waals surface area contributed by atoms with Crippen LogP contribution in [0.25, 0.3) is 0 Å². The van der Waals surface area contributed by atoms with Crippen molar-refractivity contribution in [3.05, 3.63) is 72.8 Å². The molecule has 11 nitrogen and oxygen atoms in total. The van der Waals surface area contributed by atoms with Gasteiger partial charge in [0, 0.05) is 13.0 Å². The number of nitrogens with zero attached hydrogens (tertiary/aromatic N) is 1. The summed E-state index contributed by atoms with van der Waals surface area (Å²) in [6.07, 6.45) is 10.1. The molecule has 59 heavy (non-hydrogen) atoms. The summed E-state index contributed by atoms with van der Waals surface area (Å²) in [7, 11) is 2.73. The van der Waals surface area contributed by atoms with E-state index in [9.17, 15) is 4.79 Å². The third kappa shape index (κ3) is 13.6. The molecule has 2 fully saturated rings. The first-order chi connectivity index (χ1) is 28.3. The number of piperidine rings is 1. The van der Waals surface area contributed by atoms with Crippen molar-refractivity contribution in [2.75, 3.05) is 54.3 Å². The number of likely N-dealkylation sites (tertiary alicyclic amines) is 1. The van der Waals surface area contributed by atoms with Crippen molar-refractivity contribution >= 4 is 20.2 Å². The molecule has 1 amide bonds. The van der Waals surface area contributed by atoms with E-state index in [2.05, 4.69) is 47.0 Å². The molecule has 12 heteroatoms. The molecule has 0 unspecified atom stereocenters. The molecule has 1 aliphatic carbocycles. The van der Waals surface area contributed by atoms with Gasteiger partial charge in [-0.3, -0.25) is 4.79 Å². The fourth-order valence-corrected chi connectivity index (χ4v) is 8.63. The van der Waals surface area contributed by atoms with Crippen LogP contribution in [0.2, 0.25) is 18.1 Å². The summed E-state index contributed by atoms with van der Waals surface area (Å²) >= 11 is 0. The average Bonchev–Trinajstić information content (AvgIpc) is 3.23. The Morgan fingerprint density at radius 3 is 2.17 bits per heavy atom. The fourth-order valence-electron chi connectivity index (χ4n) is 7.60. The summed E-state index contributed by atoms with van der Waals surface area (Å²) in [5.74, 6) is 1.16. The van der Waals surface area contributed by atoms with Crippen molar-refractivity contribution in [3.8, 4) is 23.0 Å². The molecule has 1 saturated heterocycles. The number of carbonyl (C=O) groups excluding carboxylic acids is 2. The number of benzene rings is 2. The summed E-state index contributed by atoms with van der Waals surface area (Å²) in [5.41, 5.74) is 1.75. The Bertz CT molecular complexity index is 1630. The van der Waals surface area contributed by atoms with E-state index in [1.807, 2.05) is 36.4 Å². The van der Waals surface area contributed by atoms with Crippen LogP contribution in [0.1, 0.15) is 95.6 Å². The Balaban J connectivity index is 1.59. The lowest BCUT2D eigenvalue weighted by atomic mass is 9.75. The highest BCUT2D eigenvalue weighted by molar-refractivity contribution is 6.74. The van der Waals surface area contributed by atoms with E-state index in [1.54, 1.807) is 38.4 Å². The first-order valence-electron chi connectivity index (χ1n) is 21.3. The second-order valence-electron chi connectivity index (χ2n) is 17.2. The second kappa shape index (κ2) is 23.2. The lowest BCUT2D eigenvalue weighted by Gasteiger charge is -2.39. The molecule has 4 atom stereocenters. The standard InChI is InChI=1S/C47H71NO10Si/c1-11-18-38(31-54-30-34-22-24-37(51-6)25-23-34)58-46(50)40-21-16-17-26-48(40)45(49)43(35-19-14-13-15-20-35)36-28-41(52-7)44(53-8)42(29-36)56-32-39(55-27-12-2)33-57-59(9,10)47(3,4)5/h11-12,22-25,28-29,35,38-40,43H,1-2,13-21,26-27,30-33H2,3-10H3/t38-,39-,40-,43-/m0/s1. The van der Waals surface area contributed by atoms with Crippen LogP contribution < -0.4 is 18.9 Å². The quantitative estimate of drug-likeness (QED) is 0.0610.